The van der Waals surface area contributed by atoms with Crippen LogP contribution in [0, 0.1) is 0 Å². The fraction of sp³-hybridized carbons (Fsp3) is 0.500. The van der Waals surface area contributed by atoms with Crippen LogP contribution in [0.3, 0.4) is 0 Å². The van der Waals surface area contributed by atoms with Crippen molar-refractivity contribution in [1.29, 1.82) is 0 Å². The largest absolute Gasteiger partial charge is 0.369 e. The van der Waals surface area contributed by atoms with E-state index in [2.05, 4.69) is 24.0 Å². The number of hydrogen-bond donors (Lipinski definition) is 1. The molecule has 2 N–H and O–H groups in total. The first-order chi connectivity index (χ1) is 8.15. The van der Waals surface area contributed by atoms with Gasteiger partial charge in [-0.2, -0.15) is 0 Å². The van der Waals surface area contributed by atoms with Gasteiger partial charge in [-0.15, -0.1) is 0 Å². The second kappa shape index (κ2) is 5.32. The smallest absolute Gasteiger partial charge is 0.221 e. The van der Waals surface area contributed by atoms with Crippen molar-refractivity contribution < 1.29 is 4.79 Å². The summed E-state index contributed by atoms with van der Waals surface area (Å²) >= 11 is 0. The highest BCUT2D eigenvalue weighted by atomic mass is 16.1. The average Bonchev–Trinajstić information content (AvgIpc) is 2.67. The van der Waals surface area contributed by atoms with Gasteiger partial charge in [0.1, 0.15) is 0 Å². The summed E-state index contributed by atoms with van der Waals surface area (Å²) in [5, 5.41) is 0. The van der Waals surface area contributed by atoms with E-state index in [1.807, 2.05) is 12.1 Å². The molecule has 2 rings (SSSR count). The third kappa shape index (κ3) is 3.30. The Labute approximate surface area is 103 Å². The summed E-state index contributed by atoms with van der Waals surface area (Å²) in [4.78, 5) is 13.3. The molecule has 1 amide bonds. The van der Waals surface area contributed by atoms with Crippen LogP contribution in [0.5, 0.6) is 0 Å². The lowest BCUT2D eigenvalue weighted by atomic mass is 10.1. The summed E-state index contributed by atoms with van der Waals surface area (Å²) < 4.78 is 0. The predicted octanol–water partition coefficient (Wildman–Crippen LogP) is 1.70. The van der Waals surface area contributed by atoms with Crippen molar-refractivity contribution in [2.45, 2.75) is 38.8 Å². The van der Waals surface area contributed by atoms with Crippen molar-refractivity contribution in [2.75, 3.05) is 6.54 Å². The van der Waals surface area contributed by atoms with E-state index in [4.69, 9.17) is 5.73 Å². The predicted molar refractivity (Wildman–Crippen MR) is 68.4 cm³/mol. The molecule has 1 atom stereocenters. The van der Waals surface area contributed by atoms with Crippen molar-refractivity contribution in [3.63, 3.8) is 0 Å². The van der Waals surface area contributed by atoms with Crippen LogP contribution < -0.4 is 5.73 Å². The average molecular weight is 232 g/mol. The van der Waals surface area contributed by atoms with Gasteiger partial charge in [-0.1, -0.05) is 24.3 Å². The standard InChI is InChI=1S/C14H20N2O/c1-11-3-2-8-16(11)10-13-6-4-12(5-7-13)9-14(15)17/h4-7,11H,2-3,8-10H2,1H3,(H2,15,17). The monoisotopic (exact) mass is 232 g/mol. The van der Waals surface area contributed by atoms with E-state index in [9.17, 15) is 4.79 Å². The lowest BCUT2D eigenvalue weighted by Crippen LogP contribution is -2.26. The van der Waals surface area contributed by atoms with Gasteiger partial charge in [0.05, 0.1) is 6.42 Å². The van der Waals surface area contributed by atoms with Crippen LogP contribution in [-0.2, 0) is 17.8 Å². The van der Waals surface area contributed by atoms with E-state index in [-0.39, 0.29) is 5.91 Å². The van der Waals surface area contributed by atoms with Gasteiger partial charge in [-0.05, 0) is 37.4 Å². The molecule has 0 radical (unpaired) electrons. The second-order valence-electron chi connectivity index (χ2n) is 4.92. The summed E-state index contributed by atoms with van der Waals surface area (Å²) in [6, 6.07) is 8.90. The SMILES string of the molecule is CC1CCCN1Cc1ccc(CC(N)=O)cc1. The molecule has 17 heavy (non-hydrogen) atoms. The molecule has 0 aromatic heterocycles. The van der Waals surface area contributed by atoms with Gasteiger partial charge in [0.15, 0.2) is 0 Å². The van der Waals surface area contributed by atoms with Crippen LogP contribution >= 0.6 is 0 Å². The third-order valence-electron chi connectivity index (χ3n) is 3.48. The Balaban J connectivity index is 1.95. The molecule has 0 bridgehead atoms. The first-order valence-electron chi connectivity index (χ1n) is 6.25. The van der Waals surface area contributed by atoms with Crippen molar-refractivity contribution in [3.8, 4) is 0 Å². The fourth-order valence-corrected chi connectivity index (χ4v) is 2.43. The van der Waals surface area contributed by atoms with Gasteiger partial charge in [0, 0.05) is 12.6 Å². The Bertz CT molecular complexity index is 386. The Kier molecular flexibility index (Phi) is 3.79. The molecule has 92 valence electrons. The van der Waals surface area contributed by atoms with Crippen molar-refractivity contribution >= 4 is 5.91 Å². The molecule has 3 heteroatoms. The molecule has 1 fully saturated rings. The van der Waals surface area contributed by atoms with Gasteiger partial charge >= 0.3 is 0 Å². The molecule has 0 saturated carbocycles. The molecule has 0 aliphatic carbocycles. The van der Waals surface area contributed by atoms with Crippen LogP contribution in [-0.4, -0.2) is 23.4 Å². The number of nitrogens with zero attached hydrogens (tertiary/aromatic N) is 1. The molecule has 1 aliphatic heterocycles. The topological polar surface area (TPSA) is 46.3 Å². The zero-order valence-electron chi connectivity index (χ0n) is 10.4. The molecule has 1 heterocycles. The quantitative estimate of drug-likeness (QED) is 0.859. The molecule has 1 unspecified atom stereocenters. The number of hydrogen-bond acceptors (Lipinski definition) is 2. The highest BCUT2D eigenvalue weighted by Crippen LogP contribution is 2.19. The van der Waals surface area contributed by atoms with E-state index in [1.165, 1.54) is 24.9 Å². The zero-order valence-corrected chi connectivity index (χ0v) is 10.4. The van der Waals surface area contributed by atoms with Crippen LogP contribution in [0.4, 0.5) is 0 Å². The van der Waals surface area contributed by atoms with E-state index < -0.39 is 0 Å². The first kappa shape index (κ1) is 12.1. The minimum Gasteiger partial charge on any atom is -0.369 e. The second-order valence-corrected chi connectivity index (χ2v) is 4.92. The number of amides is 1. The van der Waals surface area contributed by atoms with Gasteiger partial charge in [0.2, 0.25) is 5.91 Å². The molecule has 0 spiro atoms. The van der Waals surface area contributed by atoms with Crippen LogP contribution in [0.1, 0.15) is 30.9 Å². The molecule has 1 saturated heterocycles. The number of likely N-dealkylation sites (tertiary alicyclic amines) is 1. The summed E-state index contributed by atoms with van der Waals surface area (Å²) in [6.45, 7) is 4.50. The molecular weight excluding hydrogens is 212 g/mol. The Morgan fingerprint density at radius 1 is 1.35 bits per heavy atom. The highest BCUT2D eigenvalue weighted by Gasteiger charge is 2.19. The van der Waals surface area contributed by atoms with Crippen molar-refractivity contribution in [3.05, 3.63) is 35.4 Å². The maximum atomic E-state index is 10.8. The molecule has 1 aromatic rings. The van der Waals surface area contributed by atoms with Gasteiger partial charge in [-0.25, -0.2) is 0 Å². The molecule has 1 aromatic carbocycles. The Hall–Kier alpha value is -1.35. The van der Waals surface area contributed by atoms with Gasteiger partial charge in [-0.3, -0.25) is 9.69 Å². The first-order valence-corrected chi connectivity index (χ1v) is 6.25. The summed E-state index contributed by atoms with van der Waals surface area (Å²) in [6.07, 6.45) is 2.95. The number of benzene rings is 1. The van der Waals surface area contributed by atoms with E-state index in [1.54, 1.807) is 0 Å². The zero-order chi connectivity index (χ0) is 12.3. The Morgan fingerprint density at radius 2 is 2.00 bits per heavy atom. The minimum atomic E-state index is -0.272. The lowest BCUT2D eigenvalue weighted by molar-refractivity contribution is -0.117. The van der Waals surface area contributed by atoms with Crippen LogP contribution in [0.25, 0.3) is 0 Å². The Morgan fingerprint density at radius 3 is 2.53 bits per heavy atom. The maximum absolute atomic E-state index is 10.8. The number of carbonyl (C=O) groups is 1. The normalized spacial score (nSPS) is 20.6. The minimum absolute atomic E-state index is 0.272. The number of primary amides is 1. The van der Waals surface area contributed by atoms with Crippen molar-refractivity contribution in [2.24, 2.45) is 5.73 Å². The third-order valence-corrected chi connectivity index (χ3v) is 3.48. The van der Waals surface area contributed by atoms with Gasteiger partial charge in [0.25, 0.3) is 0 Å². The van der Waals surface area contributed by atoms with E-state index in [0.29, 0.717) is 12.5 Å². The fourth-order valence-electron chi connectivity index (χ4n) is 2.43. The molecule has 1 aliphatic rings. The van der Waals surface area contributed by atoms with Crippen LogP contribution in [0.2, 0.25) is 0 Å². The highest BCUT2D eigenvalue weighted by molar-refractivity contribution is 5.76. The van der Waals surface area contributed by atoms with E-state index in [0.717, 1.165) is 12.1 Å². The lowest BCUT2D eigenvalue weighted by Gasteiger charge is -2.20. The number of nitrogens with two attached hydrogens (primary N) is 1. The number of carbonyl (C=O) groups excluding carboxylic acids is 1. The summed E-state index contributed by atoms with van der Waals surface area (Å²) in [5.74, 6) is -0.272. The summed E-state index contributed by atoms with van der Waals surface area (Å²) in [7, 11) is 0. The molecular formula is C14H20N2O. The maximum Gasteiger partial charge on any atom is 0.221 e. The van der Waals surface area contributed by atoms with Crippen molar-refractivity contribution in [1.82, 2.24) is 4.90 Å². The van der Waals surface area contributed by atoms with Gasteiger partial charge < -0.3 is 5.73 Å². The number of rotatable bonds is 4. The summed E-state index contributed by atoms with van der Waals surface area (Å²) in [5.41, 5.74) is 7.47. The molecule has 3 nitrogen and oxygen atoms in total. The van der Waals surface area contributed by atoms with Crippen LogP contribution in [0.15, 0.2) is 24.3 Å². The van der Waals surface area contributed by atoms with E-state index >= 15 is 0 Å².